The van der Waals surface area contributed by atoms with Gasteiger partial charge in [0, 0.05) is 42.5 Å². The van der Waals surface area contributed by atoms with E-state index in [9.17, 15) is 14.4 Å². The van der Waals surface area contributed by atoms with Crippen LogP contribution < -0.4 is 5.32 Å². The summed E-state index contributed by atoms with van der Waals surface area (Å²) in [6.45, 7) is 1.52. The van der Waals surface area contributed by atoms with E-state index in [1.807, 2.05) is 42.5 Å². The van der Waals surface area contributed by atoms with E-state index in [4.69, 9.17) is 16.6 Å². The average Bonchev–Trinajstić information content (AvgIpc) is 2.77. The number of fused-ring (bicyclic) bond motifs is 2. The van der Waals surface area contributed by atoms with Gasteiger partial charge in [-0.15, -0.1) is 0 Å². The SMILES string of the molecule is O=P(O)(O)N1CCN(C2=Nc3cc(Cl)ccc3Nc3ccccc32)CC1. The maximum Gasteiger partial charge on any atom is 0.403 e. The number of piperazine rings is 1. The van der Waals surface area contributed by atoms with Gasteiger partial charge >= 0.3 is 7.75 Å². The van der Waals surface area contributed by atoms with Crippen LogP contribution in [0.3, 0.4) is 0 Å². The first-order valence-corrected chi connectivity index (χ1v) is 10.2. The molecule has 0 unspecified atom stereocenters. The fourth-order valence-electron chi connectivity index (χ4n) is 3.22. The van der Waals surface area contributed by atoms with Crippen LogP contribution in [-0.4, -0.2) is 51.4 Å². The van der Waals surface area contributed by atoms with Crippen LogP contribution in [0.1, 0.15) is 5.56 Å². The van der Waals surface area contributed by atoms with Crippen molar-refractivity contribution in [2.45, 2.75) is 0 Å². The van der Waals surface area contributed by atoms with Crippen LogP contribution in [0.2, 0.25) is 5.02 Å². The highest BCUT2D eigenvalue weighted by Crippen LogP contribution is 2.41. The number of nitrogens with one attached hydrogen (secondary N) is 1. The smallest absolute Gasteiger partial charge is 0.353 e. The molecule has 4 rings (SSSR count). The van der Waals surface area contributed by atoms with Crippen molar-refractivity contribution in [2.75, 3.05) is 31.5 Å². The van der Waals surface area contributed by atoms with Gasteiger partial charge in [-0.05, 0) is 30.3 Å². The van der Waals surface area contributed by atoms with Gasteiger partial charge in [0.1, 0.15) is 5.84 Å². The van der Waals surface area contributed by atoms with Crippen molar-refractivity contribution < 1.29 is 14.4 Å². The first kappa shape index (κ1) is 17.5. The lowest BCUT2D eigenvalue weighted by Crippen LogP contribution is -2.47. The van der Waals surface area contributed by atoms with E-state index in [0.717, 1.165) is 28.5 Å². The molecule has 0 amide bonds. The first-order chi connectivity index (χ1) is 12.4. The lowest BCUT2D eigenvalue weighted by Gasteiger charge is -2.36. The number of anilines is 2. The second-order valence-corrected chi connectivity index (χ2v) is 8.25. The molecule has 0 bridgehead atoms. The summed E-state index contributed by atoms with van der Waals surface area (Å²) in [6, 6.07) is 13.4. The second kappa shape index (κ2) is 6.68. The molecule has 1 saturated heterocycles. The highest BCUT2D eigenvalue weighted by molar-refractivity contribution is 7.49. The molecule has 0 radical (unpaired) electrons. The van der Waals surface area contributed by atoms with Crippen molar-refractivity contribution in [3.8, 4) is 0 Å². The molecule has 0 saturated carbocycles. The Morgan fingerprint density at radius 2 is 1.77 bits per heavy atom. The standard InChI is InChI=1S/C17H18ClN4O3P/c18-12-5-6-15-16(11-12)20-17(13-3-1-2-4-14(13)19-15)21-7-9-22(10-8-21)26(23,24)25/h1-6,11,19H,7-10H2,(H2,23,24,25). The molecule has 2 aromatic carbocycles. The maximum absolute atomic E-state index is 11.5. The van der Waals surface area contributed by atoms with Crippen LogP contribution >= 0.6 is 19.3 Å². The highest BCUT2D eigenvalue weighted by Gasteiger charge is 2.31. The topological polar surface area (TPSA) is 88.4 Å². The van der Waals surface area contributed by atoms with Crippen molar-refractivity contribution in [1.82, 2.24) is 9.57 Å². The molecule has 2 aromatic rings. The number of amidine groups is 1. The van der Waals surface area contributed by atoms with Crippen LogP contribution in [0.4, 0.5) is 17.1 Å². The van der Waals surface area contributed by atoms with Crippen LogP contribution in [0.15, 0.2) is 47.5 Å². The zero-order valence-electron chi connectivity index (χ0n) is 13.8. The summed E-state index contributed by atoms with van der Waals surface area (Å²) in [7, 11) is -4.21. The van der Waals surface area contributed by atoms with Gasteiger partial charge in [-0.1, -0.05) is 23.7 Å². The first-order valence-electron chi connectivity index (χ1n) is 8.22. The number of rotatable bonds is 1. The van der Waals surface area contributed by atoms with Crippen LogP contribution in [-0.2, 0) is 4.57 Å². The van der Waals surface area contributed by atoms with Crippen molar-refractivity contribution in [2.24, 2.45) is 4.99 Å². The molecule has 2 aliphatic rings. The maximum atomic E-state index is 11.5. The molecule has 0 atom stereocenters. The molecular weight excluding hydrogens is 375 g/mol. The third-order valence-electron chi connectivity index (χ3n) is 4.55. The van der Waals surface area contributed by atoms with E-state index in [0.29, 0.717) is 18.1 Å². The minimum absolute atomic E-state index is 0.279. The number of aliphatic imine (C=N–C) groups is 1. The van der Waals surface area contributed by atoms with E-state index < -0.39 is 7.75 Å². The zero-order chi connectivity index (χ0) is 18.3. The lowest BCUT2D eigenvalue weighted by molar-refractivity contribution is 0.210. The van der Waals surface area contributed by atoms with Crippen LogP contribution in [0, 0.1) is 0 Å². The van der Waals surface area contributed by atoms with Crippen molar-refractivity contribution >= 4 is 42.2 Å². The molecule has 2 heterocycles. The molecule has 0 aromatic heterocycles. The summed E-state index contributed by atoms with van der Waals surface area (Å²) in [5.74, 6) is 0.777. The van der Waals surface area contributed by atoms with Crippen molar-refractivity contribution in [3.63, 3.8) is 0 Å². The third-order valence-corrected chi connectivity index (χ3v) is 5.92. The van der Waals surface area contributed by atoms with E-state index in [2.05, 4.69) is 10.2 Å². The van der Waals surface area contributed by atoms with Crippen LogP contribution in [0.25, 0.3) is 0 Å². The molecule has 3 N–H and O–H groups in total. The number of benzene rings is 2. The summed E-state index contributed by atoms with van der Waals surface area (Å²) >= 11 is 6.14. The molecule has 7 nitrogen and oxygen atoms in total. The Labute approximate surface area is 156 Å². The lowest BCUT2D eigenvalue weighted by atomic mass is 10.1. The van der Waals surface area contributed by atoms with Crippen LogP contribution in [0.5, 0.6) is 0 Å². The number of para-hydroxylation sites is 1. The second-order valence-electron chi connectivity index (χ2n) is 6.22. The fraction of sp³-hybridized carbons (Fsp3) is 0.235. The average molecular weight is 393 g/mol. The number of hydrogen-bond donors (Lipinski definition) is 3. The Morgan fingerprint density at radius 3 is 2.50 bits per heavy atom. The summed E-state index contributed by atoms with van der Waals surface area (Å²) in [6.07, 6.45) is 0. The summed E-state index contributed by atoms with van der Waals surface area (Å²) in [5, 5.41) is 4.00. The van der Waals surface area contributed by atoms with Crippen molar-refractivity contribution in [3.05, 3.63) is 53.1 Å². The van der Waals surface area contributed by atoms with Gasteiger partial charge in [0.05, 0.1) is 11.4 Å². The Balaban J connectivity index is 1.73. The zero-order valence-corrected chi connectivity index (χ0v) is 15.5. The third kappa shape index (κ3) is 3.37. The number of hydrogen-bond acceptors (Lipinski definition) is 4. The van der Waals surface area contributed by atoms with Gasteiger partial charge in [0.15, 0.2) is 0 Å². The van der Waals surface area contributed by atoms with Gasteiger partial charge in [0.2, 0.25) is 0 Å². The van der Waals surface area contributed by atoms with Gasteiger partial charge in [-0.25, -0.2) is 14.2 Å². The largest absolute Gasteiger partial charge is 0.403 e. The summed E-state index contributed by atoms with van der Waals surface area (Å²) in [5.41, 5.74) is 3.49. The van der Waals surface area contributed by atoms with Gasteiger partial charge in [-0.2, -0.15) is 0 Å². The molecule has 0 spiro atoms. The molecule has 2 aliphatic heterocycles. The van der Waals surface area contributed by atoms with E-state index in [1.165, 1.54) is 4.67 Å². The Morgan fingerprint density at radius 1 is 1.04 bits per heavy atom. The molecule has 1 fully saturated rings. The Hall–Kier alpha value is -1.89. The summed E-state index contributed by atoms with van der Waals surface area (Å²) in [4.78, 5) is 25.6. The number of halogens is 1. The molecular formula is C17H18ClN4O3P. The summed E-state index contributed by atoms with van der Waals surface area (Å²) < 4.78 is 12.7. The van der Waals surface area contributed by atoms with E-state index in [1.54, 1.807) is 0 Å². The minimum Gasteiger partial charge on any atom is -0.353 e. The minimum atomic E-state index is -4.21. The number of nitrogens with zero attached hydrogens (tertiary/aromatic N) is 3. The predicted octanol–water partition coefficient (Wildman–Crippen LogP) is 3.19. The molecule has 9 heteroatoms. The Bertz CT molecular complexity index is 922. The quantitative estimate of drug-likeness (QED) is 0.646. The molecule has 26 heavy (non-hydrogen) atoms. The van der Waals surface area contributed by atoms with Gasteiger partial charge < -0.3 is 20.0 Å². The van der Waals surface area contributed by atoms with E-state index >= 15 is 0 Å². The normalized spacial score (nSPS) is 17.7. The van der Waals surface area contributed by atoms with E-state index in [-0.39, 0.29) is 13.1 Å². The van der Waals surface area contributed by atoms with Gasteiger partial charge in [0.25, 0.3) is 0 Å². The predicted molar refractivity (Wildman–Crippen MR) is 103 cm³/mol. The highest BCUT2D eigenvalue weighted by atomic mass is 35.5. The van der Waals surface area contributed by atoms with Gasteiger partial charge in [-0.3, -0.25) is 0 Å². The van der Waals surface area contributed by atoms with Crippen molar-refractivity contribution in [1.29, 1.82) is 0 Å². The fourth-order valence-corrected chi connectivity index (χ4v) is 4.09. The monoisotopic (exact) mass is 392 g/mol. The Kier molecular flexibility index (Phi) is 4.50. The molecule has 0 aliphatic carbocycles. The molecule has 136 valence electrons.